The van der Waals surface area contributed by atoms with Crippen LogP contribution in [0.25, 0.3) is 5.76 Å². The largest absolute Gasteiger partial charge is 0.471 e. The van der Waals surface area contributed by atoms with Crippen LogP contribution in [0.1, 0.15) is 24.8 Å². The first kappa shape index (κ1) is 13.5. The number of ether oxygens (including phenoxy) is 1. The monoisotopic (exact) mass is 274 g/mol. The van der Waals surface area contributed by atoms with E-state index < -0.39 is 6.23 Å². The molecule has 0 saturated carbocycles. The van der Waals surface area contributed by atoms with Crippen LogP contribution in [-0.2, 0) is 4.74 Å². The molecule has 1 aromatic rings. The summed E-state index contributed by atoms with van der Waals surface area (Å²) < 4.78 is 5.67. The van der Waals surface area contributed by atoms with Crippen molar-refractivity contribution in [2.45, 2.75) is 25.5 Å². The standard InChI is InChI=1S/C16H22N2O2/c19-16(12-17-9-5-2-6-10-17)18-11-15(20-13-18)14-7-3-1-4-8-14/h1,3-4,7-8,11,16,19H,2,5-6,9-10,12-13H2/t16-/m1/s1. The average Bonchev–Trinajstić information content (AvgIpc) is 2.99. The molecule has 0 aromatic heterocycles. The van der Waals surface area contributed by atoms with Crippen molar-refractivity contribution in [2.75, 3.05) is 26.4 Å². The van der Waals surface area contributed by atoms with Crippen LogP contribution in [0.4, 0.5) is 0 Å². The molecule has 108 valence electrons. The van der Waals surface area contributed by atoms with E-state index in [2.05, 4.69) is 4.90 Å². The number of piperidine rings is 1. The first-order valence-electron chi connectivity index (χ1n) is 7.39. The number of hydrogen-bond acceptors (Lipinski definition) is 4. The first-order chi connectivity index (χ1) is 9.83. The zero-order valence-corrected chi connectivity index (χ0v) is 11.7. The molecule has 2 aliphatic rings. The third-order valence-corrected chi connectivity index (χ3v) is 3.96. The van der Waals surface area contributed by atoms with Crippen LogP contribution in [0.3, 0.4) is 0 Å². The second-order valence-electron chi connectivity index (χ2n) is 5.49. The van der Waals surface area contributed by atoms with Crippen molar-refractivity contribution in [1.29, 1.82) is 0 Å². The number of aliphatic hydroxyl groups excluding tert-OH is 1. The van der Waals surface area contributed by atoms with E-state index in [9.17, 15) is 5.11 Å². The molecule has 1 N–H and O–H groups in total. The van der Waals surface area contributed by atoms with Crippen molar-refractivity contribution < 1.29 is 9.84 Å². The zero-order valence-electron chi connectivity index (χ0n) is 11.7. The fraction of sp³-hybridized carbons (Fsp3) is 0.500. The van der Waals surface area contributed by atoms with Gasteiger partial charge < -0.3 is 14.7 Å². The Hall–Kier alpha value is -1.52. The number of β-amino-alcohol motifs (C(OH)–C–C–N with tert-alkyl or cyclic N) is 1. The summed E-state index contributed by atoms with van der Waals surface area (Å²) in [5.74, 6) is 0.836. The lowest BCUT2D eigenvalue weighted by Crippen LogP contribution is -2.43. The Morgan fingerprint density at radius 1 is 1.10 bits per heavy atom. The third-order valence-electron chi connectivity index (χ3n) is 3.96. The fourth-order valence-electron chi connectivity index (χ4n) is 2.78. The second-order valence-corrected chi connectivity index (χ2v) is 5.49. The normalized spacial score (nSPS) is 21.4. The van der Waals surface area contributed by atoms with Crippen LogP contribution in [0.15, 0.2) is 36.5 Å². The number of aliphatic hydroxyl groups is 1. The molecule has 4 nitrogen and oxygen atoms in total. The number of likely N-dealkylation sites (tertiary alicyclic amines) is 1. The first-order valence-corrected chi connectivity index (χ1v) is 7.39. The molecule has 2 heterocycles. The molecule has 0 unspecified atom stereocenters. The summed E-state index contributed by atoms with van der Waals surface area (Å²) >= 11 is 0. The van der Waals surface area contributed by atoms with E-state index in [1.54, 1.807) is 0 Å². The Morgan fingerprint density at radius 2 is 1.85 bits per heavy atom. The summed E-state index contributed by atoms with van der Waals surface area (Å²) in [7, 11) is 0. The highest BCUT2D eigenvalue weighted by molar-refractivity contribution is 5.60. The lowest BCUT2D eigenvalue weighted by molar-refractivity contribution is -0.0203. The Kier molecular flexibility index (Phi) is 4.23. The molecule has 20 heavy (non-hydrogen) atoms. The minimum Gasteiger partial charge on any atom is -0.471 e. The maximum atomic E-state index is 10.3. The third kappa shape index (κ3) is 3.14. The molecule has 0 radical (unpaired) electrons. The minimum atomic E-state index is -0.491. The Balaban J connectivity index is 1.59. The van der Waals surface area contributed by atoms with Crippen molar-refractivity contribution in [2.24, 2.45) is 0 Å². The van der Waals surface area contributed by atoms with Crippen LogP contribution in [-0.4, -0.2) is 47.5 Å². The number of hydrogen-bond donors (Lipinski definition) is 1. The van der Waals surface area contributed by atoms with E-state index in [0.29, 0.717) is 13.3 Å². The number of rotatable bonds is 4. The van der Waals surface area contributed by atoms with Gasteiger partial charge in [-0.05, 0) is 25.9 Å². The van der Waals surface area contributed by atoms with Gasteiger partial charge in [0.2, 0.25) is 0 Å². The van der Waals surface area contributed by atoms with Gasteiger partial charge >= 0.3 is 0 Å². The molecule has 0 spiro atoms. The summed E-state index contributed by atoms with van der Waals surface area (Å²) in [5, 5.41) is 10.3. The Morgan fingerprint density at radius 3 is 2.60 bits per heavy atom. The fourth-order valence-corrected chi connectivity index (χ4v) is 2.78. The highest BCUT2D eigenvalue weighted by atomic mass is 16.5. The smallest absolute Gasteiger partial charge is 0.163 e. The maximum absolute atomic E-state index is 10.3. The van der Waals surface area contributed by atoms with Gasteiger partial charge in [-0.1, -0.05) is 36.8 Å². The van der Waals surface area contributed by atoms with Gasteiger partial charge in [0.25, 0.3) is 0 Å². The maximum Gasteiger partial charge on any atom is 0.163 e. The lowest BCUT2D eigenvalue weighted by atomic mass is 10.1. The van der Waals surface area contributed by atoms with Crippen LogP contribution in [0, 0.1) is 0 Å². The molecule has 0 amide bonds. The summed E-state index contributed by atoms with van der Waals surface area (Å²) in [6.45, 7) is 3.32. The van der Waals surface area contributed by atoms with Gasteiger partial charge in [-0.2, -0.15) is 0 Å². The van der Waals surface area contributed by atoms with E-state index in [4.69, 9.17) is 4.74 Å². The zero-order chi connectivity index (χ0) is 13.8. The van der Waals surface area contributed by atoms with Crippen molar-refractivity contribution in [3.8, 4) is 0 Å². The molecule has 1 saturated heterocycles. The topological polar surface area (TPSA) is 35.9 Å². The molecule has 1 atom stereocenters. The summed E-state index contributed by atoms with van der Waals surface area (Å²) in [6, 6.07) is 10.0. The molecule has 0 aliphatic carbocycles. The summed E-state index contributed by atoms with van der Waals surface area (Å²) in [6.07, 6.45) is 5.23. The Labute approximate surface area is 120 Å². The molecule has 1 aromatic carbocycles. The molecular formula is C16H22N2O2. The van der Waals surface area contributed by atoms with Crippen LogP contribution < -0.4 is 0 Å². The van der Waals surface area contributed by atoms with E-state index in [0.717, 1.165) is 24.4 Å². The molecule has 2 aliphatic heterocycles. The van der Waals surface area contributed by atoms with Gasteiger partial charge in [0, 0.05) is 18.3 Å². The van der Waals surface area contributed by atoms with Crippen LogP contribution in [0.5, 0.6) is 0 Å². The van der Waals surface area contributed by atoms with E-state index in [1.165, 1.54) is 19.3 Å². The van der Waals surface area contributed by atoms with Crippen LogP contribution >= 0.6 is 0 Å². The average molecular weight is 274 g/mol. The van der Waals surface area contributed by atoms with Crippen molar-refractivity contribution in [3.63, 3.8) is 0 Å². The van der Waals surface area contributed by atoms with E-state index in [-0.39, 0.29) is 0 Å². The van der Waals surface area contributed by atoms with Crippen LogP contribution in [0.2, 0.25) is 0 Å². The van der Waals surface area contributed by atoms with Gasteiger partial charge in [-0.25, -0.2) is 0 Å². The van der Waals surface area contributed by atoms with Gasteiger partial charge in [0.15, 0.2) is 6.73 Å². The number of benzene rings is 1. The highest BCUT2D eigenvalue weighted by Gasteiger charge is 2.23. The van der Waals surface area contributed by atoms with E-state index in [1.807, 2.05) is 41.4 Å². The van der Waals surface area contributed by atoms with Gasteiger partial charge in [-0.3, -0.25) is 4.90 Å². The highest BCUT2D eigenvalue weighted by Crippen LogP contribution is 2.23. The lowest BCUT2D eigenvalue weighted by Gasteiger charge is -2.31. The molecule has 0 bridgehead atoms. The van der Waals surface area contributed by atoms with Gasteiger partial charge in [-0.15, -0.1) is 0 Å². The molecule has 1 fully saturated rings. The summed E-state index contributed by atoms with van der Waals surface area (Å²) in [5.41, 5.74) is 1.06. The SMILES string of the molecule is O[C@H](CN1CCCCC1)N1C=C(c2ccccc2)OC1. The van der Waals surface area contributed by atoms with Gasteiger partial charge in [0.1, 0.15) is 12.0 Å². The van der Waals surface area contributed by atoms with Crippen molar-refractivity contribution >= 4 is 5.76 Å². The van der Waals surface area contributed by atoms with Gasteiger partial charge in [0.05, 0.1) is 0 Å². The predicted molar refractivity (Wildman–Crippen MR) is 78.5 cm³/mol. The Bertz CT molecular complexity index is 455. The molecule has 4 heteroatoms. The number of nitrogens with zero attached hydrogens (tertiary/aromatic N) is 2. The summed E-state index contributed by atoms with van der Waals surface area (Å²) in [4.78, 5) is 4.21. The molecular weight excluding hydrogens is 252 g/mol. The minimum absolute atomic E-state index is 0.430. The second kappa shape index (κ2) is 6.29. The molecule has 3 rings (SSSR count). The quantitative estimate of drug-likeness (QED) is 0.912. The van der Waals surface area contributed by atoms with Crippen molar-refractivity contribution in [3.05, 3.63) is 42.1 Å². The predicted octanol–water partition coefficient (Wildman–Crippen LogP) is 2.08. The van der Waals surface area contributed by atoms with E-state index >= 15 is 0 Å². The van der Waals surface area contributed by atoms with Crippen molar-refractivity contribution in [1.82, 2.24) is 9.80 Å².